The van der Waals surface area contributed by atoms with Crippen molar-refractivity contribution in [3.8, 4) is 0 Å². The van der Waals surface area contributed by atoms with E-state index >= 15 is 0 Å². The van der Waals surface area contributed by atoms with Gasteiger partial charge in [-0.05, 0) is 56.3 Å². The second-order valence-electron chi connectivity index (χ2n) is 6.36. The Balaban J connectivity index is 2.04. The van der Waals surface area contributed by atoms with Gasteiger partial charge in [-0.3, -0.25) is 0 Å². The van der Waals surface area contributed by atoms with Crippen molar-refractivity contribution in [2.45, 2.75) is 53.0 Å². The Morgan fingerprint density at radius 1 is 1.14 bits per heavy atom. The van der Waals surface area contributed by atoms with Crippen LogP contribution in [0, 0.1) is 5.92 Å². The molecule has 2 aromatic rings. The fourth-order valence-electron chi connectivity index (χ4n) is 2.85. The number of nitrogens with zero attached hydrogens (tertiary/aromatic N) is 1. The number of para-hydroxylation sites is 1. The fraction of sp³-hybridized carbons (Fsp3) is 0.579. The van der Waals surface area contributed by atoms with Crippen LogP contribution in [0.3, 0.4) is 0 Å². The van der Waals surface area contributed by atoms with Crippen molar-refractivity contribution in [2.75, 3.05) is 13.1 Å². The van der Waals surface area contributed by atoms with Crippen molar-refractivity contribution < 1.29 is 0 Å². The second kappa shape index (κ2) is 8.23. The minimum Gasteiger partial charge on any atom is -0.347 e. The monoisotopic (exact) mass is 286 g/mol. The number of nitrogens with one attached hydrogen (secondary N) is 1. The van der Waals surface area contributed by atoms with Gasteiger partial charge in [-0.15, -0.1) is 0 Å². The van der Waals surface area contributed by atoms with E-state index in [1.165, 1.54) is 42.1 Å². The van der Waals surface area contributed by atoms with Crippen LogP contribution < -0.4 is 5.32 Å². The van der Waals surface area contributed by atoms with Crippen molar-refractivity contribution in [2.24, 2.45) is 5.92 Å². The lowest BCUT2D eigenvalue weighted by Crippen LogP contribution is -2.13. The first-order chi connectivity index (χ1) is 10.2. The van der Waals surface area contributed by atoms with Gasteiger partial charge in [0.05, 0.1) is 0 Å². The average molecular weight is 286 g/mol. The van der Waals surface area contributed by atoms with Crippen molar-refractivity contribution >= 4 is 10.9 Å². The fourth-order valence-corrected chi connectivity index (χ4v) is 2.85. The van der Waals surface area contributed by atoms with Gasteiger partial charge < -0.3 is 9.88 Å². The number of rotatable bonds is 9. The summed E-state index contributed by atoms with van der Waals surface area (Å²) in [5.74, 6) is 0.759. The van der Waals surface area contributed by atoms with E-state index in [0.29, 0.717) is 0 Å². The Morgan fingerprint density at radius 3 is 2.71 bits per heavy atom. The summed E-state index contributed by atoms with van der Waals surface area (Å²) in [6.45, 7) is 10.1. The number of fused-ring (bicyclic) bond motifs is 1. The average Bonchev–Trinajstić information content (AvgIpc) is 2.83. The maximum Gasteiger partial charge on any atom is 0.0483 e. The minimum atomic E-state index is 0.759. The van der Waals surface area contributed by atoms with Crippen molar-refractivity contribution in [1.82, 2.24) is 9.88 Å². The van der Waals surface area contributed by atoms with Crippen LogP contribution in [0.25, 0.3) is 10.9 Å². The lowest BCUT2D eigenvalue weighted by Gasteiger charge is -2.07. The highest BCUT2D eigenvalue weighted by atomic mass is 15.0. The number of aryl methyl sites for hydroxylation is 2. The highest BCUT2D eigenvalue weighted by Gasteiger charge is 2.08. The van der Waals surface area contributed by atoms with Crippen LogP contribution >= 0.6 is 0 Å². The summed E-state index contributed by atoms with van der Waals surface area (Å²) in [6.07, 6.45) is 7.37. The molecular formula is C19H30N2. The summed E-state index contributed by atoms with van der Waals surface area (Å²) < 4.78 is 2.45. The highest BCUT2D eigenvalue weighted by Crippen LogP contribution is 2.23. The predicted octanol–water partition coefficient (Wildman–Crippen LogP) is 4.62. The molecule has 21 heavy (non-hydrogen) atoms. The van der Waals surface area contributed by atoms with Crippen molar-refractivity contribution in [3.05, 3.63) is 36.0 Å². The van der Waals surface area contributed by atoms with E-state index in [2.05, 4.69) is 61.1 Å². The molecule has 2 rings (SSSR count). The van der Waals surface area contributed by atoms with E-state index in [1.807, 2.05) is 0 Å². The number of unbranched alkanes of at least 4 members (excludes halogenated alkanes) is 1. The summed E-state index contributed by atoms with van der Waals surface area (Å²) in [6, 6.07) is 8.86. The molecule has 0 atom stereocenters. The summed E-state index contributed by atoms with van der Waals surface area (Å²) in [7, 11) is 0. The molecular weight excluding hydrogens is 256 g/mol. The third-order valence-corrected chi connectivity index (χ3v) is 4.12. The quantitative estimate of drug-likeness (QED) is 0.666. The largest absolute Gasteiger partial charge is 0.347 e. The second-order valence-corrected chi connectivity index (χ2v) is 6.36. The van der Waals surface area contributed by atoms with Crippen LogP contribution in [-0.4, -0.2) is 17.7 Å². The van der Waals surface area contributed by atoms with Crippen LogP contribution in [0.15, 0.2) is 30.5 Å². The lowest BCUT2D eigenvalue weighted by molar-refractivity contribution is 0.523. The molecule has 2 heteroatoms. The van der Waals surface area contributed by atoms with E-state index in [4.69, 9.17) is 0 Å². The van der Waals surface area contributed by atoms with Gasteiger partial charge in [0, 0.05) is 23.6 Å². The minimum absolute atomic E-state index is 0.759. The van der Waals surface area contributed by atoms with Gasteiger partial charge >= 0.3 is 0 Å². The first-order valence-electron chi connectivity index (χ1n) is 8.49. The number of hydrogen-bond acceptors (Lipinski definition) is 1. The molecule has 0 aliphatic carbocycles. The Kier molecular flexibility index (Phi) is 6.31. The highest BCUT2D eigenvalue weighted by molar-refractivity contribution is 5.83. The van der Waals surface area contributed by atoms with Crippen LogP contribution in [-0.2, 0) is 13.0 Å². The summed E-state index contributed by atoms with van der Waals surface area (Å²) in [5, 5.41) is 4.85. The van der Waals surface area contributed by atoms with Crippen LogP contribution in [0.1, 0.15) is 45.6 Å². The molecule has 0 saturated heterocycles. The molecule has 0 bridgehead atoms. The van der Waals surface area contributed by atoms with E-state index in [-0.39, 0.29) is 0 Å². The Labute approximate surface area is 129 Å². The lowest BCUT2D eigenvalue weighted by atomic mass is 10.1. The Bertz CT molecular complexity index is 539. The molecule has 116 valence electrons. The predicted molar refractivity (Wildman–Crippen MR) is 92.9 cm³/mol. The van der Waals surface area contributed by atoms with Crippen molar-refractivity contribution in [3.63, 3.8) is 0 Å². The van der Waals surface area contributed by atoms with Gasteiger partial charge in [0.15, 0.2) is 0 Å². The SMILES string of the molecule is CCNCCCCc1cn(CCC(C)C)c2ccccc12. The molecule has 0 amide bonds. The van der Waals surface area contributed by atoms with Crippen LogP contribution in [0.4, 0.5) is 0 Å². The molecule has 0 aliphatic heterocycles. The smallest absolute Gasteiger partial charge is 0.0483 e. The van der Waals surface area contributed by atoms with Crippen LogP contribution in [0.2, 0.25) is 0 Å². The summed E-state index contributed by atoms with van der Waals surface area (Å²) >= 11 is 0. The maximum absolute atomic E-state index is 3.40. The van der Waals surface area contributed by atoms with E-state index in [1.54, 1.807) is 0 Å². The topological polar surface area (TPSA) is 17.0 Å². The summed E-state index contributed by atoms with van der Waals surface area (Å²) in [4.78, 5) is 0. The van der Waals surface area contributed by atoms with Crippen molar-refractivity contribution in [1.29, 1.82) is 0 Å². The number of hydrogen-bond donors (Lipinski definition) is 1. The van der Waals surface area contributed by atoms with Gasteiger partial charge in [-0.1, -0.05) is 39.0 Å². The van der Waals surface area contributed by atoms with Gasteiger partial charge in [0.2, 0.25) is 0 Å². The molecule has 1 aromatic carbocycles. The zero-order valence-electron chi connectivity index (χ0n) is 13.9. The molecule has 0 aliphatic rings. The zero-order chi connectivity index (χ0) is 15.1. The zero-order valence-corrected chi connectivity index (χ0v) is 13.9. The maximum atomic E-state index is 3.40. The molecule has 0 spiro atoms. The molecule has 1 N–H and O–H groups in total. The molecule has 0 fully saturated rings. The normalized spacial score (nSPS) is 11.6. The number of benzene rings is 1. The molecule has 0 unspecified atom stereocenters. The van der Waals surface area contributed by atoms with E-state index in [9.17, 15) is 0 Å². The van der Waals surface area contributed by atoms with E-state index < -0.39 is 0 Å². The molecule has 1 aromatic heterocycles. The third kappa shape index (κ3) is 4.60. The van der Waals surface area contributed by atoms with Crippen LogP contribution in [0.5, 0.6) is 0 Å². The first kappa shape index (κ1) is 16.1. The Hall–Kier alpha value is -1.28. The Morgan fingerprint density at radius 2 is 1.95 bits per heavy atom. The molecule has 0 saturated carbocycles. The first-order valence-corrected chi connectivity index (χ1v) is 8.49. The molecule has 0 radical (unpaired) electrons. The van der Waals surface area contributed by atoms with Gasteiger partial charge in [0.1, 0.15) is 0 Å². The molecule has 2 nitrogen and oxygen atoms in total. The van der Waals surface area contributed by atoms with Gasteiger partial charge in [-0.2, -0.15) is 0 Å². The third-order valence-electron chi connectivity index (χ3n) is 4.12. The standard InChI is InChI=1S/C19H30N2/c1-4-20-13-8-7-9-17-15-21(14-12-16(2)3)19-11-6-5-10-18(17)19/h5-6,10-11,15-16,20H,4,7-9,12-14H2,1-3H3. The van der Waals surface area contributed by atoms with E-state index in [0.717, 1.165) is 25.6 Å². The summed E-state index contributed by atoms with van der Waals surface area (Å²) in [5.41, 5.74) is 2.92. The van der Waals surface area contributed by atoms with Gasteiger partial charge in [0.25, 0.3) is 0 Å². The molecule has 1 heterocycles. The van der Waals surface area contributed by atoms with Gasteiger partial charge in [-0.25, -0.2) is 0 Å². The number of aromatic nitrogens is 1.